The highest BCUT2D eigenvalue weighted by Crippen LogP contribution is 2.21. The number of aromatic nitrogens is 2. The first kappa shape index (κ1) is 12.7. The molecule has 0 unspecified atom stereocenters. The Morgan fingerprint density at radius 2 is 1.67 bits per heavy atom. The molecule has 0 N–H and O–H groups in total. The van der Waals surface area contributed by atoms with E-state index in [1.165, 1.54) is 0 Å². The summed E-state index contributed by atoms with van der Waals surface area (Å²) in [6.45, 7) is 2.87. The summed E-state index contributed by atoms with van der Waals surface area (Å²) in [5.41, 5.74) is 0.826. The van der Waals surface area contributed by atoms with Gasteiger partial charge in [-0.25, -0.2) is 9.97 Å². The summed E-state index contributed by atoms with van der Waals surface area (Å²) in [6.07, 6.45) is 1.52. The van der Waals surface area contributed by atoms with Crippen molar-refractivity contribution >= 4 is 23.2 Å². The highest BCUT2D eigenvalue weighted by molar-refractivity contribution is 6.34. The molecule has 0 aliphatic carbocycles. The second-order valence-corrected chi connectivity index (χ2v) is 4.32. The monoisotopic (exact) mass is 247 g/mol. The van der Waals surface area contributed by atoms with Crippen LogP contribution < -0.4 is 0 Å². The van der Waals surface area contributed by atoms with Gasteiger partial charge in [0.15, 0.2) is 0 Å². The molecule has 3 nitrogen and oxygen atoms in total. The van der Waals surface area contributed by atoms with Crippen molar-refractivity contribution in [3.8, 4) is 0 Å². The number of halogens is 2. The van der Waals surface area contributed by atoms with E-state index in [4.69, 9.17) is 23.2 Å². The standard InChI is InChI=1S/C10H15Cl2N3/c1-4-7-9(11)13-8(14-10(7)12)5-6-15(2)3/h4-6H2,1-3H3. The van der Waals surface area contributed by atoms with Crippen LogP contribution in [0.5, 0.6) is 0 Å². The topological polar surface area (TPSA) is 29.0 Å². The molecule has 0 fully saturated rings. The van der Waals surface area contributed by atoms with Gasteiger partial charge in [-0.1, -0.05) is 30.1 Å². The van der Waals surface area contributed by atoms with Gasteiger partial charge >= 0.3 is 0 Å². The minimum absolute atomic E-state index is 0.478. The molecule has 0 atom stereocenters. The van der Waals surface area contributed by atoms with Crippen LogP contribution in [0.1, 0.15) is 18.3 Å². The first-order valence-electron chi connectivity index (χ1n) is 4.90. The first-order chi connectivity index (χ1) is 7.04. The third kappa shape index (κ3) is 3.59. The highest BCUT2D eigenvalue weighted by Gasteiger charge is 2.09. The molecule has 1 aromatic rings. The Kier molecular flexibility index (Phi) is 4.77. The number of nitrogens with zero attached hydrogens (tertiary/aromatic N) is 3. The summed E-state index contributed by atoms with van der Waals surface area (Å²) in [5, 5.41) is 0.956. The molecule has 0 amide bonds. The molecule has 0 aromatic carbocycles. The molecule has 1 rings (SSSR count). The van der Waals surface area contributed by atoms with Gasteiger partial charge in [0.1, 0.15) is 16.1 Å². The minimum Gasteiger partial charge on any atom is -0.309 e. The van der Waals surface area contributed by atoms with E-state index in [0.717, 1.165) is 24.9 Å². The van der Waals surface area contributed by atoms with Crippen LogP contribution >= 0.6 is 23.2 Å². The Bertz CT molecular complexity index is 316. The summed E-state index contributed by atoms with van der Waals surface area (Å²) in [6, 6.07) is 0. The van der Waals surface area contributed by atoms with Crippen molar-refractivity contribution in [2.24, 2.45) is 0 Å². The fourth-order valence-electron chi connectivity index (χ4n) is 1.20. The highest BCUT2D eigenvalue weighted by atomic mass is 35.5. The van der Waals surface area contributed by atoms with Crippen LogP contribution in [0.2, 0.25) is 10.3 Å². The molecule has 84 valence electrons. The zero-order valence-corrected chi connectivity index (χ0v) is 10.7. The van der Waals surface area contributed by atoms with E-state index in [1.54, 1.807) is 0 Å². The average molecular weight is 248 g/mol. The normalized spacial score (nSPS) is 11.1. The summed E-state index contributed by atoms with van der Waals surface area (Å²) in [4.78, 5) is 10.5. The number of likely N-dealkylation sites (N-methyl/N-ethyl adjacent to an activating group) is 1. The quantitative estimate of drug-likeness (QED) is 0.766. The zero-order chi connectivity index (χ0) is 11.4. The lowest BCUT2D eigenvalue weighted by Crippen LogP contribution is -2.16. The molecule has 0 saturated carbocycles. The fourth-order valence-corrected chi connectivity index (χ4v) is 1.89. The minimum atomic E-state index is 0.478. The molecule has 1 aromatic heterocycles. The SMILES string of the molecule is CCc1c(Cl)nc(CCN(C)C)nc1Cl. The molecule has 5 heteroatoms. The predicted molar refractivity (Wildman–Crippen MR) is 63.7 cm³/mol. The fraction of sp³-hybridized carbons (Fsp3) is 0.600. The average Bonchev–Trinajstić information content (AvgIpc) is 2.14. The van der Waals surface area contributed by atoms with E-state index in [9.17, 15) is 0 Å². The molecular weight excluding hydrogens is 233 g/mol. The van der Waals surface area contributed by atoms with Crippen LogP contribution in [0.4, 0.5) is 0 Å². The molecule has 0 saturated heterocycles. The lowest BCUT2D eigenvalue weighted by atomic mass is 10.2. The summed E-state index contributed by atoms with van der Waals surface area (Å²) in [7, 11) is 4.01. The molecule has 0 aliphatic rings. The summed E-state index contributed by atoms with van der Waals surface area (Å²) >= 11 is 12.0. The molecular formula is C10H15Cl2N3. The van der Waals surface area contributed by atoms with Crippen molar-refractivity contribution in [3.63, 3.8) is 0 Å². The summed E-state index contributed by atoms with van der Waals surface area (Å²) < 4.78 is 0. The van der Waals surface area contributed by atoms with Gasteiger partial charge in [0.2, 0.25) is 0 Å². The van der Waals surface area contributed by atoms with Crippen LogP contribution in [0.3, 0.4) is 0 Å². The molecule has 0 bridgehead atoms. The van der Waals surface area contributed by atoms with E-state index >= 15 is 0 Å². The Hall–Kier alpha value is -0.380. The van der Waals surface area contributed by atoms with Crippen LogP contribution in [-0.2, 0) is 12.8 Å². The third-order valence-electron chi connectivity index (χ3n) is 2.09. The van der Waals surface area contributed by atoms with Gasteiger partial charge in [-0.15, -0.1) is 0 Å². The number of hydrogen-bond donors (Lipinski definition) is 0. The Morgan fingerprint density at radius 1 is 1.13 bits per heavy atom. The van der Waals surface area contributed by atoms with E-state index in [2.05, 4.69) is 14.9 Å². The van der Waals surface area contributed by atoms with Crippen LogP contribution in [0.25, 0.3) is 0 Å². The lowest BCUT2D eigenvalue weighted by molar-refractivity contribution is 0.409. The van der Waals surface area contributed by atoms with Gasteiger partial charge in [0.05, 0.1) is 0 Å². The zero-order valence-electron chi connectivity index (χ0n) is 9.22. The van der Waals surface area contributed by atoms with Crippen molar-refractivity contribution < 1.29 is 0 Å². The van der Waals surface area contributed by atoms with Gasteiger partial charge in [-0.3, -0.25) is 0 Å². The molecule has 0 aliphatic heterocycles. The maximum Gasteiger partial charge on any atom is 0.137 e. The first-order valence-corrected chi connectivity index (χ1v) is 5.65. The van der Waals surface area contributed by atoms with Crippen molar-refractivity contribution in [2.45, 2.75) is 19.8 Å². The van der Waals surface area contributed by atoms with Crippen LogP contribution in [0, 0.1) is 0 Å². The van der Waals surface area contributed by atoms with Gasteiger partial charge < -0.3 is 4.90 Å². The van der Waals surface area contributed by atoms with Crippen LogP contribution in [0.15, 0.2) is 0 Å². The molecule has 0 spiro atoms. The summed E-state index contributed by atoms with van der Waals surface area (Å²) in [5.74, 6) is 0.705. The van der Waals surface area contributed by atoms with Crippen molar-refractivity contribution in [2.75, 3.05) is 20.6 Å². The van der Waals surface area contributed by atoms with E-state index < -0.39 is 0 Å². The third-order valence-corrected chi connectivity index (χ3v) is 2.71. The molecule has 1 heterocycles. The maximum absolute atomic E-state index is 6.00. The maximum atomic E-state index is 6.00. The second kappa shape index (κ2) is 5.64. The van der Waals surface area contributed by atoms with Crippen LogP contribution in [-0.4, -0.2) is 35.5 Å². The molecule has 15 heavy (non-hydrogen) atoms. The van der Waals surface area contributed by atoms with Gasteiger partial charge in [0.25, 0.3) is 0 Å². The second-order valence-electron chi connectivity index (χ2n) is 3.61. The van der Waals surface area contributed by atoms with E-state index in [0.29, 0.717) is 16.1 Å². The van der Waals surface area contributed by atoms with Crippen molar-refractivity contribution in [3.05, 3.63) is 21.7 Å². The van der Waals surface area contributed by atoms with Crippen molar-refractivity contribution in [1.82, 2.24) is 14.9 Å². The predicted octanol–water partition coefficient (Wildman–Crippen LogP) is 2.45. The number of rotatable bonds is 4. The Balaban J connectivity index is 2.84. The van der Waals surface area contributed by atoms with Crippen molar-refractivity contribution in [1.29, 1.82) is 0 Å². The lowest BCUT2D eigenvalue weighted by Gasteiger charge is -2.10. The smallest absolute Gasteiger partial charge is 0.137 e. The van der Waals surface area contributed by atoms with Gasteiger partial charge in [0, 0.05) is 18.5 Å². The molecule has 0 radical (unpaired) electrons. The van der Waals surface area contributed by atoms with Gasteiger partial charge in [-0.2, -0.15) is 0 Å². The van der Waals surface area contributed by atoms with E-state index in [1.807, 2.05) is 21.0 Å². The Morgan fingerprint density at radius 3 is 2.07 bits per heavy atom. The van der Waals surface area contributed by atoms with Gasteiger partial charge in [-0.05, 0) is 20.5 Å². The largest absolute Gasteiger partial charge is 0.309 e. The van der Waals surface area contributed by atoms with E-state index in [-0.39, 0.29) is 0 Å². The number of hydrogen-bond acceptors (Lipinski definition) is 3. The Labute approximate surface area is 100 Å².